The number of carbonyl (C=O) groups excluding carboxylic acids is 1. The molecule has 0 aliphatic heterocycles. The highest BCUT2D eigenvalue weighted by Gasteiger charge is 2.11. The van der Waals surface area contributed by atoms with E-state index in [1.165, 1.54) is 5.56 Å². The van der Waals surface area contributed by atoms with Gasteiger partial charge in [-0.25, -0.2) is 4.79 Å². The van der Waals surface area contributed by atoms with Crippen LogP contribution in [0.5, 0.6) is 0 Å². The smallest absolute Gasteiger partial charge is 0.319 e. The third-order valence-corrected chi connectivity index (χ3v) is 3.85. The van der Waals surface area contributed by atoms with Gasteiger partial charge in [-0.3, -0.25) is 4.90 Å². The van der Waals surface area contributed by atoms with E-state index in [2.05, 4.69) is 36.3 Å². The lowest BCUT2D eigenvalue weighted by molar-refractivity contribution is 0.220. The van der Waals surface area contributed by atoms with E-state index in [-0.39, 0.29) is 6.03 Å². The van der Waals surface area contributed by atoms with Crippen LogP contribution in [0.3, 0.4) is 0 Å². The lowest BCUT2D eigenvalue weighted by Crippen LogP contribution is -2.43. The maximum Gasteiger partial charge on any atom is 0.319 e. The zero-order valence-corrected chi connectivity index (χ0v) is 13.3. The van der Waals surface area contributed by atoms with Gasteiger partial charge in [-0.05, 0) is 51.1 Å². The molecule has 0 saturated heterocycles. The molecule has 0 heterocycles. The van der Waals surface area contributed by atoms with Crippen LogP contribution in [0.2, 0.25) is 0 Å². The summed E-state index contributed by atoms with van der Waals surface area (Å²) in [5.74, 6) is 0. The van der Waals surface area contributed by atoms with Crippen LogP contribution in [-0.2, 0) is 0 Å². The first kappa shape index (κ1) is 16.5. The summed E-state index contributed by atoms with van der Waals surface area (Å²) >= 11 is 0. The van der Waals surface area contributed by atoms with Gasteiger partial charge < -0.3 is 10.6 Å². The number of nitrogens with one attached hydrogen (secondary N) is 2. The standard InChI is InChI=1S/C16H27N3O/c1-6-19(7-2)13(4)11-17-16(20)18-15-10-8-9-12(3)14(15)5/h8-10,13H,6-7,11H2,1-5H3,(H2,17,18,20). The first-order valence-electron chi connectivity index (χ1n) is 7.34. The van der Waals surface area contributed by atoms with Crippen molar-refractivity contribution in [2.45, 2.75) is 40.7 Å². The van der Waals surface area contributed by atoms with Crippen molar-refractivity contribution in [3.63, 3.8) is 0 Å². The fourth-order valence-corrected chi connectivity index (χ4v) is 2.27. The molecule has 1 rings (SSSR count). The molecule has 0 saturated carbocycles. The van der Waals surface area contributed by atoms with Gasteiger partial charge in [0.1, 0.15) is 0 Å². The number of benzene rings is 1. The number of nitrogens with zero attached hydrogens (tertiary/aromatic N) is 1. The molecule has 1 aromatic rings. The molecule has 1 unspecified atom stereocenters. The van der Waals surface area contributed by atoms with Gasteiger partial charge in [-0.15, -0.1) is 0 Å². The van der Waals surface area contributed by atoms with Gasteiger partial charge in [0, 0.05) is 18.3 Å². The van der Waals surface area contributed by atoms with Gasteiger partial charge >= 0.3 is 6.03 Å². The van der Waals surface area contributed by atoms with E-state index in [1.54, 1.807) is 0 Å². The number of hydrogen-bond donors (Lipinski definition) is 2. The fourth-order valence-electron chi connectivity index (χ4n) is 2.27. The summed E-state index contributed by atoms with van der Waals surface area (Å²) in [6.07, 6.45) is 0. The highest BCUT2D eigenvalue weighted by Crippen LogP contribution is 2.17. The Hall–Kier alpha value is -1.55. The molecule has 0 aromatic heterocycles. The fraction of sp³-hybridized carbons (Fsp3) is 0.562. The Labute approximate surface area is 122 Å². The van der Waals surface area contributed by atoms with Crippen LogP contribution in [-0.4, -0.2) is 36.6 Å². The monoisotopic (exact) mass is 277 g/mol. The van der Waals surface area contributed by atoms with E-state index in [4.69, 9.17) is 0 Å². The number of hydrogen-bond acceptors (Lipinski definition) is 2. The number of amides is 2. The van der Waals surface area contributed by atoms with Gasteiger partial charge in [0.2, 0.25) is 0 Å². The van der Waals surface area contributed by atoms with Crippen LogP contribution >= 0.6 is 0 Å². The molecule has 2 N–H and O–H groups in total. The zero-order chi connectivity index (χ0) is 15.1. The lowest BCUT2D eigenvalue weighted by atomic mass is 10.1. The largest absolute Gasteiger partial charge is 0.336 e. The van der Waals surface area contributed by atoms with Crippen LogP contribution in [0.1, 0.15) is 31.9 Å². The summed E-state index contributed by atoms with van der Waals surface area (Å²) in [6, 6.07) is 6.12. The van der Waals surface area contributed by atoms with Crippen molar-refractivity contribution in [1.82, 2.24) is 10.2 Å². The second kappa shape index (κ2) is 7.90. The molecule has 1 atom stereocenters. The molecule has 0 fully saturated rings. The van der Waals surface area contributed by atoms with Crippen molar-refractivity contribution in [3.05, 3.63) is 29.3 Å². The minimum Gasteiger partial charge on any atom is -0.336 e. The Balaban J connectivity index is 2.50. The summed E-state index contributed by atoms with van der Waals surface area (Å²) in [5, 5.41) is 5.85. The predicted octanol–water partition coefficient (Wildman–Crippen LogP) is 3.16. The Bertz CT molecular complexity index is 441. The minimum absolute atomic E-state index is 0.141. The molecule has 0 bridgehead atoms. The van der Waals surface area contributed by atoms with Crippen LogP contribution in [0.4, 0.5) is 10.5 Å². The molecule has 0 radical (unpaired) electrons. The van der Waals surface area contributed by atoms with Crippen molar-refractivity contribution in [2.75, 3.05) is 25.0 Å². The molecular formula is C16H27N3O. The lowest BCUT2D eigenvalue weighted by Gasteiger charge is -2.26. The molecular weight excluding hydrogens is 250 g/mol. The molecule has 4 heteroatoms. The van der Waals surface area contributed by atoms with Crippen LogP contribution in [0.15, 0.2) is 18.2 Å². The van der Waals surface area contributed by atoms with Gasteiger partial charge in [-0.2, -0.15) is 0 Å². The molecule has 112 valence electrons. The van der Waals surface area contributed by atoms with Gasteiger partial charge in [0.15, 0.2) is 0 Å². The number of anilines is 1. The van der Waals surface area contributed by atoms with Crippen LogP contribution in [0.25, 0.3) is 0 Å². The number of rotatable bonds is 6. The average molecular weight is 277 g/mol. The Morgan fingerprint density at radius 1 is 1.25 bits per heavy atom. The number of likely N-dealkylation sites (N-methyl/N-ethyl adjacent to an activating group) is 1. The zero-order valence-electron chi connectivity index (χ0n) is 13.3. The van der Waals surface area contributed by atoms with E-state index >= 15 is 0 Å². The van der Waals surface area contributed by atoms with Crippen molar-refractivity contribution < 1.29 is 4.79 Å². The summed E-state index contributed by atoms with van der Waals surface area (Å²) in [7, 11) is 0. The second-order valence-corrected chi connectivity index (χ2v) is 5.15. The molecule has 20 heavy (non-hydrogen) atoms. The SMILES string of the molecule is CCN(CC)C(C)CNC(=O)Nc1cccc(C)c1C. The van der Waals surface area contributed by atoms with E-state index < -0.39 is 0 Å². The van der Waals surface area contributed by atoms with Crippen LogP contribution < -0.4 is 10.6 Å². The molecule has 0 spiro atoms. The quantitative estimate of drug-likeness (QED) is 0.839. The van der Waals surface area contributed by atoms with E-state index in [0.29, 0.717) is 12.6 Å². The number of urea groups is 1. The van der Waals surface area contributed by atoms with Crippen LogP contribution in [0, 0.1) is 13.8 Å². The van der Waals surface area contributed by atoms with Gasteiger partial charge in [0.05, 0.1) is 0 Å². The van der Waals surface area contributed by atoms with E-state index in [1.807, 2.05) is 32.0 Å². The third kappa shape index (κ3) is 4.53. The number of carbonyl (C=O) groups is 1. The van der Waals surface area contributed by atoms with E-state index in [0.717, 1.165) is 24.3 Å². The summed E-state index contributed by atoms with van der Waals surface area (Å²) < 4.78 is 0. The topological polar surface area (TPSA) is 44.4 Å². The molecule has 4 nitrogen and oxygen atoms in total. The van der Waals surface area contributed by atoms with Gasteiger partial charge in [-0.1, -0.05) is 26.0 Å². The van der Waals surface area contributed by atoms with Crippen molar-refractivity contribution >= 4 is 11.7 Å². The molecule has 2 amide bonds. The normalized spacial score (nSPS) is 12.3. The first-order chi connectivity index (χ1) is 9.49. The Morgan fingerprint density at radius 2 is 1.90 bits per heavy atom. The maximum atomic E-state index is 11.9. The maximum absolute atomic E-state index is 11.9. The Kier molecular flexibility index (Phi) is 6.52. The highest BCUT2D eigenvalue weighted by atomic mass is 16.2. The summed E-state index contributed by atoms with van der Waals surface area (Å²) in [4.78, 5) is 14.3. The van der Waals surface area contributed by atoms with Gasteiger partial charge in [0.25, 0.3) is 0 Å². The second-order valence-electron chi connectivity index (χ2n) is 5.15. The van der Waals surface area contributed by atoms with E-state index in [9.17, 15) is 4.79 Å². The molecule has 1 aromatic carbocycles. The van der Waals surface area contributed by atoms with Crippen molar-refractivity contribution in [3.8, 4) is 0 Å². The summed E-state index contributed by atoms with van der Waals surface area (Å²) in [5.41, 5.74) is 3.16. The van der Waals surface area contributed by atoms with Crippen molar-refractivity contribution in [1.29, 1.82) is 0 Å². The Morgan fingerprint density at radius 3 is 2.50 bits per heavy atom. The first-order valence-corrected chi connectivity index (χ1v) is 7.34. The molecule has 0 aliphatic rings. The third-order valence-electron chi connectivity index (χ3n) is 3.85. The van der Waals surface area contributed by atoms with Crippen molar-refractivity contribution in [2.24, 2.45) is 0 Å². The molecule has 0 aliphatic carbocycles. The summed E-state index contributed by atoms with van der Waals surface area (Å²) in [6.45, 7) is 13.1. The highest BCUT2D eigenvalue weighted by molar-refractivity contribution is 5.90. The number of aryl methyl sites for hydroxylation is 1. The predicted molar refractivity (Wildman–Crippen MR) is 85.3 cm³/mol. The minimum atomic E-state index is -0.141. The average Bonchev–Trinajstić information content (AvgIpc) is 2.43.